The lowest BCUT2D eigenvalue weighted by molar-refractivity contribution is -0.385. The van der Waals surface area contributed by atoms with Gasteiger partial charge in [0, 0.05) is 6.07 Å². The molecule has 103 valence electrons. The fourth-order valence-corrected chi connectivity index (χ4v) is 2.18. The minimum Gasteiger partial charge on any atom is -0.258 e. The highest BCUT2D eigenvalue weighted by Gasteiger charge is 2.10. The summed E-state index contributed by atoms with van der Waals surface area (Å²) in [6.07, 6.45) is 10.9. The summed E-state index contributed by atoms with van der Waals surface area (Å²) in [6.45, 7) is 3.82. The van der Waals surface area contributed by atoms with E-state index in [1.165, 1.54) is 19.3 Å². The van der Waals surface area contributed by atoms with Gasteiger partial charge in [-0.25, -0.2) is 0 Å². The van der Waals surface area contributed by atoms with E-state index in [1.54, 1.807) is 12.1 Å². The van der Waals surface area contributed by atoms with Crippen molar-refractivity contribution in [2.45, 2.75) is 38.5 Å². The van der Waals surface area contributed by atoms with Crippen LogP contribution in [-0.4, -0.2) is 4.92 Å². The molecule has 0 N–H and O–H groups in total. The first-order chi connectivity index (χ1) is 9.15. The van der Waals surface area contributed by atoms with Gasteiger partial charge in [-0.3, -0.25) is 10.1 Å². The Labute approximate surface area is 123 Å². The molecule has 0 bridgehead atoms. The topological polar surface area (TPSA) is 43.1 Å². The van der Waals surface area contributed by atoms with Crippen molar-refractivity contribution in [1.82, 2.24) is 0 Å². The van der Waals surface area contributed by atoms with E-state index in [2.05, 4.69) is 28.9 Å². The van der Waals surface area contributed by atoms with Gasteiger partial charge in [0.1, 0.15) is 0 Å². The number of halogens is 1. The Kier molecular flexibility index (Phi) is 7.41. The Morgan fingerprint density at radius 2 is 2.00 bits per heavy atom. The van der Waals surface area contributed by atoms with E-state index in [4.69, 9.17) is 0 Å². The normalized spacial score (nSPS) is 11.1. The van der Waals surface area contributed by atoms with Gasteiger partial charge >= 0.3 is 0 Å². The molecular weight excluding hydrogens is 306 g/mol. The first kappa shape index (κ1) is 15.9. The van der Waals surface area contributed by atoms with Crippen LogP contribution in [0.15, 0.2) is 28.7 Å². The van der Waals surface area contributed by atoms with Gasteiger partial charge in [0.25, 0.3) is 5.69 Å². The summed E-state index contributed by atoms with van der Waals surface area (Å²) in [7, 11) is 0. The molecule has 4 heteroatoms. The van der Waals surface area contributed by atoms with Crippen LogP contribution in [0, 0.1) is 17.0 Å². The van der Waals surface area contributed by atoms with Gasteiger partial charge in [-0.2, -0.15) is 0 Å². The van der Waals surface area contributed by atoms with Gasteiger partial charge in [0.2, 0.25) is 0 Å². The maximum atomic E-state index is 10.8. The van der Waals surface area contributed by atoms with E-state index in [9.17, 15) is 10.1 Å². The predicted octanol–water partition coefficient (Wildman–Crippen LogP) is 5.55. The molecule has 0 unspecified atom stereocenters. The summed E-state index contributed by atoms with van der Waals surface area (Å²) in [5.74, 6) is 0. The third-order valence-corrected chi connectivity index (χ3v) is 3.52. The van der Waals surface area contributed by atoms with Gasteiger partial charge < -0.3 is 0 Å². The number of nitrogens with zero attached hydrogens (tertiary/aromatic N) is 1. The van der Waals surface area contributed by atoms with Crippen LogP contribution in [0.5, 0.6) is 0 Å². The number of hydrogen-bond acceptors (Lipinski definition) is 2. The Morgan fingerprint density at radius 3 is 2.68 bits per heavy atom. The quantitative estimate of drug-likeness (QED) is 0.357. The van der Waals surface area contributed by atoms with Crippen LogP contribution in [0.1, 0.15) is 44.1 Å². The van der Waals surface area contributed by atoms with E-state index >= 15 is 0 Å². The van der Waals surface area contributed by atoms with Crippen molar-refractivity contribution >= 4 is 27.7 Å². The van der Waals surface area contributed by atoms with Crippen molar-refractivity contribution < 1.29 is 4.92 Å². The molecule has 0 saturated carbocycles. The molecule has 0 aliphatic heterocycles. The number of allylic oxidation sites excluding steroid dienone is 1. The zero-order valence-corrected chi connectivity index (χ0v) is 12.6. The first-order valence-corrected chi connectivity index (χ1v) is 7.34. The zero-order chi connectivity index (χ0) is 14.1. The second-order valence-corrected chi connectivity index (χ2v) is 5.28. The van der Waals surface area contributed by atoms with E-state index in [1.807, 2.05) is 12.1 Å². The van der Waals surface area contributed by atoms with Crippen LogP contribution in [0.3, 0.4) is 0 Å². The van der Waals surface area contributed by atoms with Crippen molar-refractivity contribution in [3.63, 3.8) is 0 Å². The SMILES string of the molecule is [CH2]CCCCCCC=Cc1ccc(Br)c([N+](=O)[O-])c1. The Morgan fingerprint density at radius 1 is 1.26 bits per heavy atom. The van der Waals surface area contributed by atoms with E-state index in [-0.39, 0.29) is 10.6 Å². The lowest BCUT2D eigenvalue weighted by atomic mass is 10.1. The molecule has 1 rings (SSSR count). The molecule has 19 heavy (non-hydrogen) atoms. The van der Waals surface area contributed by atoms with Crippen molar-refractivity contribution in [3.8, 4) is 0 Å². The standard InChI is InChI=1S/C15H19BrNO2/c1-2-3-4-5-6-7-8-9-13-10-11-14(16)15(12-13)17(18)19/h8-12H,1-7H2. The fraction of sp³-hybridized carbons (Fsp3) is 0.400. The van der Waals surface area contributed by atoms with E-state index in [0.29, 0.717) is 4.47 Å². The number of hydrogen-bond donors (Lipinski definition) is 0. The lowest BCUT2D eigenvalue weighted by Crippen LogP contribution is -1.89. The molecule has 1 radical (unpaired) electrons. The van der Waals surface area contributed by atoms with Crippen LogP contribution in [0.25, 0.3) is 6.08 Å². The van der Waals surface area contributed by atoms with Gasteiger partial charge in [0.15, 0.2) is 0 Å². The van der Waals surface area contributed by atoms with Crippen LogP contribution < -0.4 is 0 Å². The van der Waals surface area contributed by atoms with Gasteiger partial charge in [-0.15, -0.1) is 0 Å². The number of rotatable bonds is 8. The highest BCUT2D eigenvalue weighted by molar-refractivity contribution is 9.10. The maximum absolute atomic E-state index is 10.8. The molecule has 0 spiro atoms. The monoisotopic (exact) mass is 324 g/mol. The van der Waals surface area contributed by atoms with Crippen molar-refractivity contribution in [3.05, 3.63) is 51.3 Å². The molecule has 0 heterocycles. The van der Waals surface area contributed by atoms with Crippen molar-refractivity contribution in [1.29, 1.82) is 0 Å². The molecule has 0 aliphatic rings. The molecule has 0 amide bonds. The molecule has 0 aromatic heterocycles. The Hall–Kier alpha value is -1.16. The lowest BCUT2D eigenvalue weighted by Gasteiger charge is -1.98. The summed E-state index contributed by atoms with van der Waals surface area (Å²) in [6, 6.07) is 5.17. The predicted molar refractivity (Wildman–Crippen MR) is 82.9 cm³/mol. The van der Waals surface area contributed by atoms with Crippen LogP contribution in [0.4, 0.5) is 5.69 Å². The van der Waals surface area contributed by atoms with Gasteiger partial charge in [-0.05, 0) is 40.4 Å². The average molecular weight is 325 g/mol. The molecule has 3 nitrogen and oxygen atoms in total. The summed E-state index contributed by atoms with van der Waals surface area (Å²) in [4.78, 5) is 10.4. The maximum Gasteiger partial charge on any atom is 0.284 e. The fourth-order valence-electron chi connectivity index (χ4n) is 1.79. The summed E-state index contributed by atoms with van der Waals surface area (Å²) in [5, 5.41) is 10.8. The average Bonchev–Trinajstić information content (AvgIpc) is 2.39. The second-order valence-electron chi connectivity index (χ2n) is 4.43. The zero-order valence-electron chi connectivity index (χ0n) is 11.0. The number of unbranched alkanes of at least 4 members (excludes halogenated alkanes) is 5. The molecule has 0 aliphatic carbocycles. The minimum absolute atomic E-state index is 0.109. The van der Waals surface area contributed by atoms with Gasteiger partial charge in [0.05, 0.1) is 9.40 Å². The molecule has 1 aromatic carbocycles. The summed E-state index contributed by atoms with van der Waals surface area (Å²) >= 11 is 3.18. The van der Waals surface area contributed by atoms with E-state index in [0.717, 1.165) is 24.8 Å². The highest BCUT2D eigenvalue weighted by atomic mass is 79.9. The molecule has 0 atom stereocenters. The van der Waals surface area contributed by atoms with Gasteiger partial charge in [-0.1, -0.05) is 50.8 Å². The highest BCUT2D eigenvalue weighted by Crippen LogP contribution is 2.26. The third-order valence-electron chi connectivity index (χ3n) is 2.85. The van der Waals surface area contributed by atoms with Crippen molar-refractivity contribution in [2.75, 3.05) is 0 Å². The Bertz CT molecular complexity index is 444. The largest absolute Gasteiger partial charge is 0.284 e. The van der Waals surface area contributed by atoms with Crippen LogP contribution in [0.2, 0.25) is 0 Å². The van der Waals surface area contributed by atoms with E-state index < -0.39 is 0 Å². The summed E-state index contributed by atoms with van der Waals surface area (Å²) < 4.78 is 0.517. The van der Waals surface area contributed by atoms with Crippen LogP contribution in [-0.2, 0) is 0 Å². The second kappa shape index (κ2) is 8.86. The summed E-state index contributed by atoms with van der Waals surface area (Å²) in [5.41, 5.74) is 0.977. The number of nitro groups is 1. The minimum atomic E-state index is -0.375. The Balaban J connectivity index is 2.44. The smallest absolute Gasteiger partial charge is 0.258 e. The number of nitro benzene ring substituents is 1. The third kappa shape index (κ3) is 6.01. The molecule has 1 aromatic rings. The molecular formula is C15H19BrNO2. The number of benzene rings is 1. The van der Waals surface area contributed by atoms with Crippen molar-refractivity contribution in [2.24, 2.45) is 0 Å². The van der Waals surface area contributed by atoms with Crippen LogP contribution >= 0.6 is 15.9 Å². The molecule has 0 saturated heterocycles. The molecule has 0 fully saturated rings. The first-order valence-electron chi connectivity index (χ1n) is 6.55.